The number of nitrogens with zero attached hydrogens (tertiary/aromatic N) is 4. The number of alkyl halides is 2. The number of rotatable bonds is 5. The van der Waals surface area contributed by atoms with Gasteiger partial charge in [0.2, 0.25) is 0 Å². The molecule has 1 saturated heterocycles. The largest absolute Gasteiger partial charge is 0.336 e. The number of aromatic nitrogens is 2. The predicted octanol–water partition coefficient (Wildman–Crippen LogP) is 2.75. The van der Waals surface area contributed by atoms with E-state index in [2.05, 4.69) is 14.9 Å². The van der Waals surface area contributed by atoms with Crippen LogP contribution in [0.5, 0.6) is 0 Å². The summed E-state index contributed by atoms with van der Waals surface area (Å²) in [5.41, 5.74) is 1.37. The Morgan fingerprint density at radius 1 is 1.16 bits per heavy atom. The molecular weight excluding hydrogens is 346 g/mol. The molecule has 5 nitrogen and oxygen atoms in total. The van der Waals surface area contributed by atoms with Crippen LogP contribution in [-0.4, -0.2) is 57.6 Å². The standard InChI is InChI=1S/C17H18F2N4OS/c18-17(19)25-15-14(4-2-6-21-15)16(24)23-9-7-22(8-10-23)12-13-3-1-5-20-11-13/h1-6,11,17H,7-10,12H2. The lowest BCUT2D eigenvalue weighted by Gasteiger charge is -2.34. The average molecular weight is 364 g/mol. The Bertz CT molecular complexity index is 709. The van der Waals surface area contributed by atoms with Gasteiger partial charge in [0.25, 0.3) is 11.7 Å². The predicted molar refractivity (Wildman–Crippen MR) is 91.5 cm³/mol. The van der Waals surface area contributed by atoms with Crippen LogP contribution in [0.15, 0.2) is 47.9 Å². The quantitative estimate of drug-likeness (QED) is 0.764. The molecule has 132 valence electrons. The van der Waals surface area contributed by atoms with Crippen LogP contribution < -0.4 is 0 Å². The molecule has 0 N–H and O–H groups in total. The highest BCUT2D eigenvalue weighted by Crippen LogP contribution is 2.27. The third kappa shape index (κ3) is 4.73. The summed E-state index contributed by atoms with van der Waals surface area (Å²) in [5, 5.41) is 0.0836. The molecule has 1 aliphatic heterocycles. The number of halogens is 2. The minimum absolute atomic E-state index is 0.0836. The van der Waals surface area contributed by atoms with Gasteiger partial charge in [0.05, 0.1) is 5.56 Å². The van der Waals surface area contributed by atoms with E-state index in [0.717, 1.165) is 25.2 Å². The van der Waals surface area contributed by atoms with Crippen LogP contribution in [0.1, 0.15) is 15.9 Å². The van der Waals surface area contributed by atoms with Gasteiger partial charge in [0.15, 0.2) is 0 Å². The van der Waals surface area contributed by atoms with E-state index in [1.54, 1.807) is 23.2 Å². The van der Waals surface area contributed by atoms with Crippen molar-refractivity contribution >= 4 is 17.7 Å². The molecule has 0 radical (unpaired) electrons. The zero-order chi connectivity index (χ0) is 17.6. The number of carbonyl (C=O) groups excluding carboxylic acids is 1. The molecule has 0 saturated carbocycles. The first-order valence-electron chi connectivity index (χ1n) is 7.94. The lowest BCUT2D eigenvalue weighted by atomic mass is 10.2. The summed E-state index contributed by atoms with van der Waals surface area (Å²) in [5.74, 6) is -2.84. The molecule has 1 fully saturated rings. The van der Waals surface area contributed by atoms with Crippen molar-refractivity contribution in [3.05, 3.63) is 54.0 Å². The number of amides is 1. The van der Waals surface area contributed by atoms with Gasteiger partial charge in [-0.2, -0.15) is 8.78 Å². The Morgan fingerprint density at radius 2 is 1.92 bits per heavy atom. The molecule has 0 aliphatic carbocycles. The first-order chi connectivity index (χ1) is 12.1. The highest BCUT2D eigenvalue weighted by atomic mass is 32.2. The van der Waals surface area contributed by atoms with E-state index in [1.807, 2.05) is 18.3 Å². The highest BCUT2D eigenvalue weighted by molar-refractivity contribution is 7.99. The molecule has 3 heterocycles. The lowest BCUT2D eigenvalue weighted by Crippen LogP contribution is -2.48. The summed E-state index contributed by atoms with van der Waals surface area (Å²) >= 11 is 0.310. The van der Waals surface area contributed by atoms with Crippen LogP contribution in [0, 0.1) is 0 Å². The highest BCUT2D eigenvalue weighted by Gasteiger charge is 2.25. The molecule has 0 unspecified atom stereocenters. The zero-order valence-electron chi connectivity index (χ0n) is 13.5. The Hall–Kier alpha value is -2.06. The molecule has 0 atom stereocenters. The van der Waals surface area contributed by atoms with Gasteiger partial charge < -0.3 is 4.90 Å². The van der Waals surface area contributed by atoms with Gasteiger partial charge in [0.1, 0.15) is 5.03 Å². The van der Waals surface area contributed by atoms with E-state index in [1.165, 1.54) is 6.20 Å². The van der Waals surface area contributed by atoms with Crippen molar-refractivity contribution in [1.82, 2.24) is 19.8 Å². The molecule has 1 aliphatic rings. The maximum absolute atomic E-state index is 12.7. The molecule has 3 rings (SSSR count). The van der Waals surface area contributed by atoms with E-state index in [9.17, 15) is 13.6 Å². The fourth-order valence-corrected chi connectivity index (χ4v) is 3.33. The van der Waals surface area contributed by atoms with E-state index >= 15 is 0 Å². The van der Waals surface area contributed by atoms with Gasteiger partial charge in [-0.15, -0.1) is 0 Å². The Balaban J connectivity index is 1.60. The van der Waals surface area contributed by atoms with E-state index in [-0.39, 0.29) is 16.5 Å². The smallest absolute Gasteiger partial charge is 0.290 e. The maximum Gasteiger partial charge on any atom is 0.290 e. The number of thioether (sulfide) groups is 1. The van der Waals surface area contributed by atoms with E-state index in [4.69, 9.17) is 0 Å². The summed E-state index contributed by atoms with van der Waals surface area (Å²) in [7, 11) is 0. The number of piperazine rings is 1. The minimum Gasteiger partial charge on any atom is -0.336 e. The maximum atomic E-state index is 12.7. The van der Waals surface area contributed by atoms with Crippen molar-refractivity contribution < 1.29 is 13.6 Å². The van der Waals surface area contributed by atoms with E-state index < -0.39 is 5.76 Å². The molecule has 0 spiro atoms. The number of hydrogen-bond acceptors (Lipinski definition) is 5. The summed E-state index contributed by atoms with van der Waals surface area (Å²) in [6.45, 7) is 3.38. The van der Waals surface area contributed by atoms with Gasteiger partial charge in [-0.3, -0.25) is 14.7 Å². The van der Waals surface area contributed by atoms with Crippen molar-refractivity contribution in [3.63, 3.8) is 0 Å². The molecule has 0 bridgehead atoms. The van der Waals surface area contributed by atoms with Gasteiger partial charge in [0, 0.05) is 51.3 Å². The second-order valence-electron chi connectivity index (χ2n) is 5.66. The second-order valence-corrected chi connectivity index (χ2v) is 6.64. The van der Waals surface area contributed by atoms with E-state index in [0.29, 0.717) is 24.9 Å². The number of hydrogen-bond donors (Lipinski definition) is 0. The normalized spacial score (nSPS) is 15.6. The first-order valence-corrected chi connectivity index (χ1v) is 8.82. The molecule has 25 heavy (non-hydrogen) atoms. The van der Waals surface area contributed by atoms with Gasteiger partial charge in [-0.25, -0.2) is 4.98 Å². The number of pyridine rings is 2. The van der Waals surface area contributed by atoms with Crippen molar-refractivity contribution in [2.75, 3.05) is 26.2 Å². The van der Waals surface area contributed by atoms with Crippen LogP contribution in [0.25, 0.3) is 0 Å². The molecule has 0 aromatic carbocycles. The SMILES string of the molecule is O=C(c1cccnc1SC(F)F)N1CCN(Cc2cccnc2)CC1. The van der Waals surface area contributed by atoms with Crippen molar-refractivity contribution in [1.29, 1.82) is 0 Å². The summed E-state index contributed by atoms with van der Waals surface area (Å²) in [6, 6.07) is 7.08. The Kier molecular flexibility index (Phi) is 5.93. The summed E-state index contributed by atoms with van der Waals surface area (Å²) in [4.78, 5) is 24.6. The van der Waals surface area contributed by atoms with Crippen LogP contribution in [0.4, 0.5) is 8.78 Å². The van der Waals surface area contributed by atoms with Crippen molar-refractivity contribution in [2.45, 2.75) is 17.3 Å². The van der Waals surface area contributed by atoms with Crippen LogP contribution in [-0.2, 0) is 6.54 Å². The van der Waals surface area contributed by atoms with Crippen LogP contribution in [0.3, 0.4) is 0 Å². The number of carbonyl (C=O) groups is 1. The topological polar surface area (TPSA) is 49.3 Å². The van der Waals surface area contributed by atoms with Gasteiger partial charge >= 0.3 is 0 Å². The minimum atomic E-state index is -2.60. The Labute approximate surface area is 149 Å². The molecule has 2 aromatic heterocycles. The molecule has 1 amide bonds. The Morgan fingerprint density at radius 3 is 2.60 bits per heavy atom. The van der Waals surface area contributed by atoms with Crippen molar-refractivity contribution in [2.24, 2.45) is 0 Å². The second kappa shape index (κ2) is 8.35. The van der Waals surface area contributed by atoms with Crippen molar-refractivity contribution in [3.8, 4) is 0 Å². The van der Waals surface area contributed by atoms with Gasteiger partial charge in [-0.1, -0.05) is 6.07 Å². The van der Waals surface area contributed by atoms with Crippen LogP contribution >= 0.6 is 11.8 Å². The average Bonchev–Trinajstić information content (AvgIpc) is 2.63. The monoisotopic (exact) mass is 364 g/mol. The zero-order valence-corrected chi connectivity index (χ0v) is 14.3. The van der Waals surface area contributed by atoms with Crippen LogP contribution in [0.2, 0.25) is 0 Å². The third-order valence-electron chi connectivity index (χ3n) is 3.99. The summed E-state index contributed by atoms with van der Waals surface area (Å²) < 4.78 is 25.3. The molecule has 2 aromatic rings. The van der Waals surface area contributed by atoms with Gasteiger partial charge in [-0.05, 0) is 35.5 Å². The lowest BCUT2D eigenvalue weighted by molar-refractivity contribution is 0.0624. The first kappa shape index (κ1) is 17.8. The molecule has 8 heteroatoms. The summed E-state index contributed by atoms with van der Waals surface area (Å²) in [6.07, 6.45) is 5.00. The fraction of sp³-hybridized carbons (Fsp3) is 0.353. The third-order valence-corrected chi connectivity index (χ3v) is 4.72. The molecular formula is C17H18F2N4OS. The fourth-order valence-electron chi connectivity index (χ4n) is 2.76.